The van der Waals surface area contributed by atoms with Crippen LogP contribution in [-0.4, -0.2) is 0 Å². The van der Waals surface area contributed by atoms with Gasteiger partial charge < -0.3 is 4.74 Å². The molecule has 1 aliphatic rings. The van der Waals surface area contributed by atoms with E-state index in [-0.39, 0.29) is 0 Å². The largest absolute Gasteiger partial charge is 0.456 e. The maximum atomic E-state index is 6.64. The Kier molecular flexibility index (Phi) is 5.06. The van der Waals surface area contributed by atoms with Crippen molar-refractivity contribution in [2.45, 2.75) is 0 Å². The van der Waals surface area contributed by atoms with E-state index >= 15 is 0 Å². The van der Waals surface area contributed by atoms with Crippen LogP contribution in [0, 0.1) is 0 Å². The number of ether oxygens (including phenoxy) is 1. The van der Waals surface area contributed by atoms with E-state index in [1.165, 1.54) is 81.7 Å². The Labute approximate surface area is 260 Å². The Morgan fingerprint density at radius 3 is 1.71 bits per heavy atom. The molecule has 0 aliphatic carbocycles. The monoisotopic (exact) mass is 570 g/mol. The van der Waals surface area contributed by atoms with Crippen molar-refractivity contribution in [3.05, 3.63) is 158 Å². The SMILES string of the molecule is c1ccc2cc(-c3ccc4cc5c6c(cccc6c4c3)-c3cc(-c4ccc6ccc7ccccc7c6c4)ccc3O5)ccc2c1. The maximum Gasteiger partial charge on any atom is 0.136 e. The predicted octanol–water partition coefficient (Wildman–Crippen LogP) is 12.6. The Morgan fingerprint density at radius 2 is 0.867 bits per heavy atom. The minimum atomic E-state index is 0.900. The fourth-order valence-corrected chi connectivity index (χ4v) is 7.33. The van der Waals surface area contributed by atoms with Crippen LogP contribution in [0.5, 0.6) is 11.5 Å². The molecule has 9 aromatic rings. The zero-order chi connectivity index (χ0) is 29.5. The first-order valence-electron chi connectivity index (χ1n) is 15.5. The van der Waals surface area contributed by atoms with Crippen molar-refractivity contribution in [2.75, 3.05) is 0 Å². The molecule has 0 unspecified atom stereocenters. The first-order valence-corrected chi connectivity index (χ1v) is 15.5. The van der Waals surface area contributed by atoms with E-state index in [0.29, 0.717) is 0 Å². The molecule has 1 aliphatic heterocycles. The van der Waals surface area contributed by atoms with Gasteiger partial charge in [0.25, 0.3) is 0 Å². The third kappa shape index (κ3) is 3.74. The van der Waals surface area contributed by atoms with Crippen molar-refractivity contribution in [1.29, 1.82) is 0 Å². The molecular formula is C44H26O. The van der Waals surface area contributed by atoms with E-state index in [1.807, 2.05) is 0 Å². The Hall–Kier alpha value is -5.92. The van der Waals surface area contributed by atoms with Crippen molar-refractivity contribution >= 4 is 53.9 Å². The number of hydrogen-bond acceptors (Lipinski definition) is 1. The molecule has 0 saturated carbocycles. The van der Waals surface area contributed by atoms with Crippen LogP contribution in [0.1, 0.15) is 0 Å². The average molecular weight is 571 g/mol. The van der Waals surface area contributed by atoms with Gasteiger partial charge in [-0.2, -0.15) is 0 Å². The maximum absolute atomic E-state index is 6.64. The summed E-state index contributed by atoms with van der Waals surface area (Å²) < 4.78 is 6.64. The lowest BCUT2D eigenvalue weighted by atomic mass is 9.89. The zero-order valence-corrected chi connectivity index (χ0v) is 24.4. The number of benzene rings is 9. The molecule has 0 aromatic heterocycles. The van der Waals surface area contributed by atoms with E-state index < -0.39 is 0 Å². The summed E-state index contributed by atoms with van der Waals surface area (Å²) in [5.74, 6) is 1.82. The van der Waals surface area contributed by atoms with Gasteiger partial charge in [0.2, 0.25) is 0 Å². The minimum absolute atomic E-state index is 0.900. The molecule has 1 heterocycles. The lowest BCUT2D eigenvalue weighted by Gasteiger charge is -2.23. The summed E-state index contributed by atoms with van der Waals surface area (Å²) in [4.78, 5) is 0. The summed E-state index contributed by atoms with van der Waals surface area (Å²) >= 11 is 0. The summed E-state index contributed by atoms with van der Waals surface area (Å²) in [6.07, 6.45) is 0. The first kappa shape index (κ1) is 24.5. The second-order valence-corrected chi connectivity index (χ2v) is 12.1. The van der Waals surface area contributed by atoms with Crippen molar-refractivity contribution in [3.8, 4) is 44.9 Å². The van der Waals surface area contributed by atoms with Crippen molar-refractivity contribution in [2.24, 2.45) is 0 Å². The van der Waals surface area contributed by atoms with Crippen LogP contribution in [-0.2, 0) is 0 Å². The second-order valence-electron chi connectivity index (χ2n) is 12.1. The van der Waals surface area contributed by atoms with E-state index in [0.717, 1.165) is 17.1 Å². The summed E-state index contributed by atoms with van der Waals surface area (Å²) in [5.41, 5.74) is 7.19. The lowest BCUT2D eigenvalue weighted by Crippen LogP contribution is -1.98. The highest BCUT2D eigenvalue weighted by atomic mass is 16.5. The van der Waals surface area contributed by atoms with Gasteiger partial charge in [-0.1, -0.05) is 121 Å². The molecule has 1 nitrogen and oxygen atoms in total. The van der Waals surface area contributed by atoms with Crippen molar-refractivity contribution in [1.82, 2.24) is 0 Å². The van der Waals surface area contributed by atoms with Gasteiger partial charge in [0, 0.05) is 10.9 Å². The molecule has 0 radical (unpaired) electrons. The fourth-order valence-electron chi connectivity index (χ4n) is 7.33. The van der Waals surface area contributed by atoms with Crippen LogP contribution < -0.4 is 4.74 Å². The van der Waals surface area contributed by atoms with Gasteiger partial charge >= 0.3 is 0 Å². The van der Waals surface area contributed by atoms with Crippen LogP contribution in [0.3, 0.4) is 0 Å². The molecule has 0 atom stereocenters. The molecule has 0 amide bonds. The van der Waals surface area contributed by atoms with Crippen LogP contribution >= 0.6 is 0 Å². The van der Waals surface area contributed by atoms with Crippen LogP contribution in [0.4, 0.5) is 0 Å². The normalized spacial score (nSPS) is 12.2. The molecule has 208 valence electrons. The molecule has 0 saturated heterocycles. The van der Waals surface area contributed by atoms with Crippen LogP contribution in [0.2, 0.25) is 0 Å². The van der Waals surface area contributed by atoms with Gasteiger partial charge in [0.05, 0.1) is 0 Å². The Morgan fingerprint density at radius 1 is 0.289 bits per heavy atom. The highest BCUT2D eigenvalue weighted by molar-refractivity contribution is 6.17. The van der Waals surface area contributed by atoms with Crippen molar-refractivity contribution < 1.29 is 4.74 Å². The predicted molar refractivity (Wildman–Crippen MR) is 190 cm³/mol. The fraction of sp³-hybridized carbons (Fsp3) is 0. The van der Waals surface area contributed by atoms with Crippen molar-refractivity contribution in [3.63, 3.8) is 0 Å². The van der Waals surface area contributed by atoms with E-state index in [9.17, 15) is 0 Å². The summed E-state index contributed by atoms with van der Waals surface area (Å²) in [5, 5.41) is 12.4. The van der Waals surface area contributed by atoms with Crippen LogP contribution in [0.15, 0.2) is 158 Å². The third-order valence-electron chi connectivity index (χ3n) is 9.59. The first-order chi connectivity index (χ1) is 22.3. The summed E-state index contributed by atoms with van der Waals surface area (Å²) in [7, 11) is 0. The zero-order valence-electron chi connectivity index (χ0n) is 24.4. The van der Waals surface area contributed by atoms with Gasteiger partial charge in [-0.25, -0.2) is 0 Å². The molecule has 0 bridgehead atoms. The molecule has 0 N–H and O–H groups in total. The minimum Gasteiger partial charge on any atom is -0.456 e. The lowest BCUT2D eigenvalue weighted by molar-refractivity contribution is 0.488. The Balaban J connectivity index is 1.14. The highest BCUT2D eigenvalue weighted by Gasteiger charge is 2.22. The molecular weight excluding hydrogens is 544 g/mol. The summed E-state index contributed by atoms with van der Waals surface area (Å²) in [6.45, 7) is 0. The molecule has 1 heteroatoms. The smallest absolute Gasteiger partial charge is 0.136 e. The average Bonchev–Trinajstić information content (AvgIpc) is 3.11. The number of rotatable bonds is 2. The van der Waals surface area contributed by atoms with E-state index in [4.69, 9.17) is 4.74 Å². The topological polar surface area (TPSA) is 9.23 Å². The molecule has 0 spiro atoms. The van der Waals surface area contributed by atoms with Gasteiger partial charge in [0.1, 0.15) is 11.5 Å². The van der Waals surface area contributed by atoms with Gasteiger partial charge in [0.15, 0.2) is 0 Å². The Bertz CT molecular complexity index is 2680. The third-order valence-corrected chi connectivity index (χ3v) is 9.59. The van der Waals surface area contributed by atoms with E-state index in [2.05, 4.69) is 158 Å². The van der Waals surface area contributed by atoms with Gasteiger partial charge in [-0.05, 0) is 113 Å². The second kappa shape index (κ2) is 9.29. The molecule has 45 heavy (non-hydrogen) atoms. The summed E-state index contributed by atoms with van der Waals surface area (Å²) in [6, 6.07) is 57.4. The quantitative estimate of drug-likeness (QED) is 0.188. The van der Waals surface area contributed by atoms with Gasteiger partial charge in [-0.3, -0.25) is 0 Å². The molecule has 10 rings (SSSR count). The standard InChI is InChI=1S/C44H26O/c1-2-8-30-22-31(16-12-27(30)6-1)32-18-19-35-26-43-44-37(40(35)24-32)10-5-11-38(44)41-25-34(20-21-42(41)45-43)33-17-15-29-14-13-28-7-3-4-9-36(28)39(29)23-33/h1-26H. The highest BCUT2D eigenvalue weighted by Crippen LogP contribution is 2.50. The van der Waals surface area contributed by atoms with E-state index in [1.54, 1.807) is 0 Å². The number of hydrogen-bond donors (Lipinski definition) is 0. The van der Waals surface area contributed by atoms with Gasteiger partial charge in [-0.15, -0.1) is 0 Å². The number of fused-ring (bicyclic) bond motifs is 8. The molecule has 0 fully saturated rings. The molecule has 9 aromatic carbocycles. The van der Waals surface area contributed by atoms with Crippen LogP contribution in [0.25, 0.3) is 87.2 Å².